The molecule has 1 heterocycles. The van der Waals surface area contributed by atoms with Crippen molar-refractivity contribution in [3.63, 3.8) is 0 Å². The number of nitrogens with zero attached hydrogens (tertiary/aromatic N) is 1. The average Bonchev–Trinajstić information content (AvgIpc) is 3.05. The first-order chi connectivity index (χ1) is 11.2. The molecule has 0 bridgehead atoms. The molecule has 0 fully saturated rings. The third kappa shape index (κ3) is 4.20. The summed E-state index contributed by atoms with van der Waals surface area (Å²) in [6.07, 6.45) is 0.191. The average molecular weight is 328 g/mol. The second-order valence-corrected chi connectivity index (χ2v) is 5.44. The molecule has 0 saturated carbocycles. The van der Waals surface area contributed by atoms with Crippen molar-refractivity contribution in [1.82, 2.24) is 5.16 Å². The Morgan fingerprint density at radius 2 is 1.83 bits per heavy atom. The number of hydrogen-bond acceptors (Lipinski definition) is 4. The Balaban J connectivity index is 1.55. The van der Waals surface area contributed by atoms with E-state index in [0.29, 0.717) is 16.5 Å². The highest BCUT2D eigenvalue weighted by molar-refractivity contribution is 6.30. The summed E-state index contributed by atoms with van der Waals surface area (Å²) >= 11 is 5.81. The summed E-state index contributed by atoms with van der Waals surface area (Å²) in [6.45, 7) is 0.0618. The van der Waals surface area contributed by atoms with Gasteiger partial charge in [-0.25, -0.2) is 0 Å². The number of hydrogen-bond donors (Lipinski definition) is 0. The molecule has 116 valence electrons. The summed E-state index contributed by atoms with van der Waals surface area (Å²) in [5, 5.41) is 4.61. The predicted molar refractivity (Wildman–Crippen MR) is 86.9 cm³/mol. The summed E-state index contributed by atoms with van der Waals surface area (Å²) in [4.78, 5) is 11.8. The highest BCUT2D eigenvalue weighted by Gasteiger charge is 2.10. The third-order valence-electron chi connectivity index (χ3n) is 3.27. The van der Waals surface area contributed by atoms with E-state index < -0.39 is 0 Å². The molecule has 0 radical (unpaired) electrons. The van der Waals surface area contributed by atoms with E-state index in [4.69, 9.17) is 20.9 Å². The minimum absolute atomic E-state index is 0.0618. The van der Waals surface area contributed by atoms with Crippen LogP contribution in [0.3, 0.4) is 0 Å². The van der Waals surface area contributed by atoms with Crippen LogP contribution in [0, 0.1) is 0 Å². The lowest BCUT2D eigenvalue weighted by atomic mass is 10.1. The van der Waals surface area contributed by atoms with E-state index in [1.165, 1.54) is 0 Å². The number of carbonyl (C=O) groups excluding carboxylic acids is 1. The van der Waals surface area contributed by atoms with Crippen molar-refractivity contribution in [2.45, 2.75) is 13.0 Å². The molecule has 0 saturated heterocycles. The number of halogens is 1. The van der Waals surface area contributed by atoms with Crippen LogP contribution in [0.4, 0.5) is 0 Å². The fraction of sp³-hybridized carbons (Fsp3) is 0.111. The molecule has 1 aromatic heterocycles. The second kappa shape index (κ2) is 7.11. The van der Waals surface area contributed by atoms with E-state index in [-0.39, 0.29) is 19.0 Å². The quantitative estimate of drug-likeness (QED) is 0.656. The van der Waals surface area contributed by atoms with Crippen LogP contribution >= 0.6 is 11.6 Å². The van der Waals surface area contributed by atoms with Crippen molar-refractivity contribution in [1.29, 1.82) is 0 Å². The van der Waals surface area contributed by atoms with Crippen LogP contribution in [0.1, 0.15) is 11.3 Å². The van der Waals surface area contributed by atoms with E-state index in [9.17, 15) is 4.79 Å². The summed E-state index contributed by atoms with van der Waals surface area (Å²) < 4.78 is 10.4. The van der Waals surface area contributed by atoms with Gasteiger partial charge in [0.25, 0.3) is 0 Å². The van der Waals surface area contributed by atoms with Crippen LogP contribution in [0.2, 0.25) is 5.02 Å². The molecule has 0 N–H and O–H groups in total. The van der Waals surface area contributed by atoms with Gasteiger partial charge in [-0.2, -0.15) is 0 Å². The molecule has 3 rings (SSSR count). The van der Waals surface area contributed by atoms with Gasteiger partial charge >= 0.3 is 5.97 Å². The fourth-order valence-electron chi connectivity index (χ4n) is 2.10. The number of benzene rings is 2. The zero-order chi connectivity index (χ0) is 16.1. The maximum Gasteiger partial charge on any atom is 0.310 e. The molecule has 0 aliphatic carbocycles. The Morgan fingerprint density at radius 3 is 2.57 bits per heavy atom. The molecule has 0 aliphatic rings. The van der Waals surface area contributed by atoms with Gasteiger partial charge in [0, 0.05) is 16.7 Å². The van der Waals surface area contributed by atoms with E-state index in [0.717, 1.165) is 11.1 Å². The largest absolute Gasteiger partial charge is 0.457 e. The normalized spacial score (nSPS) is 10.5. The molecular formula is C18H14ClNO3. The fourth-order valence-corrected chi connectivity index (χ4v) is 2.22. The predicted octanol–water partition coefficient (Wildman–Crippen LogP) is 4.28. The van der Waals surface area contributed by atoms with Gasteiger partial charge < -0.3 is 9.26 Å². The molecule has 0 amide bonds. The molecule has 5 heteroatoms. The van der Waals surface area contributed by atoms with Crippen molar-refractivity contribution in [3.8, 4) is 11.3 Å². The highest BCUT2D eigenvalue weighted by atomic mass is 35.5. The van der Waals surface area contributed by atoms with Gasteiger partial charge in [0.15, 0.2) is 12.4 Å². The lowest BCUT2D eigenvalue weighted by molar-refractivity contribution is -0.144. The SMILES string of the molecule is O=C(Cc1ccc(Cl)cc1)OCc1cc(-c2ccccc2)no1. The Bertz CT molecular complexity index is 782. The second-order valence-electron chi connectivity index (χ2n) is 5.01. The highest BCUT2D eigenvalue weighted by Crippen LogP contribution is 2.19. The Morgan fingerprint density at radius 1 is 1.09 bits per heavy atom. The Hall–Kier alpha value is -2.59. The first kappa shape index (κ1) is 15.3. The van der Waals surface area contributed by atoms with E-state index in [2.05, 4.69) is 5.16 Å². The summed E-state index contributed by atoms with van der Waals surface area (Å²) in [5.74, 6) is 0.179. The topological polar surface area (TPSA) is 52.3 Å². The molecule has 4 nitrogen and oxygen atoms in total. The summed E-state index contributed by atoms with van der Waals surface area (Å²) in [7, 11) is 0. The smallest absolute Gasteiger partial charge is 0.310 e. The first-order valence-electron chi connectivity index (χ1n) is 7.12. The van der Waals surface area contributed by atoms with Crippen molar-refractivity contribution >= 4 is 17.6 Å². The number of rotatable bonds is 5. The molecule has 0 spiro atoms. The monoisotopic (exact) mass is 327 g/mol. The first-order valence-corrected chi connectivity index (χ1v) is 7.49. The van der Waals surface area contributed by atoms with Crippen molar-refractivity contribution < 1.29 is 14.1 Å². The molecule has 0 unspecified atom stereocenters. The number of esters is 1. The van der Waals surface area contributed by atoms with Crippen LogP contribution in [-0.4, -0.2) is 11.1 Å². The van der Waals surface area contributed by atoms with Gasteiger partial charge in [0.05, 0.1) is 6.42 Å². The summed E-state index contributed by atoms with van der Waals surface area (Å²) in [5.41, 5.74) is 2.52. The van der Waals surface area contributed by atoms with Crippen molar-refractivity contribution in [3.05, 3.63) is 77.0 Å². The minimum Gasteiger partial charge on any atom is -0.457 e. The van der Waals surface area contributed by atoms with Crippen LogP contribution in [0.5, 0.6) is 0 Å². The number of aromatic nitrogens is 1. The van der Waals surface area contributed by atoms with Gasteiger partial charge in [0.2, 0.25) is 0 Å². The molecule has 3 aromatic rings. The van der Waals surface area contributed by atoms with Crippen LogP contribution in [0.25, 0.3) is 11.3 Å². The Labute approximate surface area is 138 Å². The maximum absolute atomic E-state index is 11.8. The molecule has 0 atom stereocenters. The third-order valence-corrected chi connectivity index (χ3v) is 3.52. The molecule has 0 aliphatic heterocycles. The van der Waals surface area contributed by atoms with Gasteiger partial charge in [-0.1, -0.05) is 59.2 Å². The lowest BCUT2D eigenvalue weighted by Crippen LogP contribution is -2.07. The van der Waals surface area contributed by atoms with Gasteiger partial charge in [-0.3, -0.25) is 4.79 Å². The van der Waals surface area contributed by atoms with Crippen LogP contribution in [0.15, 0.2) is 65.2 Å². The van der Waals surface area contributed by atoms with Gasteiger partial charge in [-0.05, 0) is 17.7 Å². The summed E-state index contributed by atoms with van der Waals surface area (Å²) in [6, 6.07) is 18.5. The zero-order valence-electron chi connectivity index (χ0n) is 12.2. The van der Waals surface area contributed by atoms with Gasteiger partial charge in [-0.15, -0.1) is 0 Å². The standard InChI is InChI=1S/C18H14ClNO3/c19-15-8-6-13(7-9-15)10-18(21)22-12-16-11-17(20-23-16)14-4-2-1-3-5-14/h1-9,11H,10,12H2. The molecule has 23 heavy (non-hydrogen) atoms. The number of carbonyl (C=O) groups is 1. The van der Waals surface area contributed by atoms with Gasteiger partial charge in [0.1, 0.15) is 5.69 Å². The van der Waals surface area contributed by atoms with E-state index >= 15 is 0 Å². The number of ether oxygens (including phenoxy) is 1. The lowest BCUT2D eigenvalue weighted by Gasteiger charge is -2.02. The molecule has 2 aromatic carbocycles. The zero-order valence-corrected chi connectivity index (χ0v) is 13.0. The van der Waals surface area contributed by atoms with E-state index in [1.807, 2.05) is 30.3 Å². The maximum atomic E-state index is 11.8. The van der Waals surface area contributed by atoms with Crippen LogP contribution in [-0.2, 0) is 22.6 Å². The van der Waals surface area contributed by atoms with Crippen molar-refractivity contribution in [2.24, 2.45) is 0 Å². The minimum atomic E-state index is -0.329. The van der Waals surface area contributed by atoms with E-state index in [1.54, 1.807) is 30.3 Å². The van der Waals surface area contributed by atoms with Crippen LogP contribution < -0.4 is 0 Å². The van der Waals surface area contributed by atoms with Crippen molar-refractivity contribution in [2.75, 3.05) is 0 Å². The molecular weight excluding hydrogens is 314 g/mol. The Kier molecular flexibility index (Phi) is 4.74.